The van der Waals surface area contributed by atoms with Crippen LogP contribution in [-0.2, 0) is 16.0 Å². The highest BCUT2D eigenvalue weighted by atomic mass is 35.5. The zero-order valence-electron chi connectivity index (χ0n) is 12.1. The summed E-state index contributed by atoms with van der Waals surface area (Å²) in [7, 11) is 0. The number of likely N-dealkylation sites (tertiary alicyclic amines) is 1. The molecule has 5 heteroatoms. The summed E-state index contributed by atoms with van der Waals surface area (Å²) in [4.78, 5) is 25.0. The summed E-state index contributed by atoms with van der Waals surface area (Å²) in [6.45, 7) is 2.48. The zero-order chi connectivity index (χ0) is 15.4. The van der Waals surface area contributed by atoms with Crippen LogP contribution in [-0.4, -0.2) is 34.5 Å². The van der Waals surface area contributed by atoms with Crippen LogP contribution in [0.15, 0.2) is 18.2 Å². The number of carboxylic acid groups (broad SMARTS) is 1. The number of halogens is 1. The number of hydrogen-bond donors (Lipinski definition) is 1. The van der Waals surface area contributed by atoms with Crippen LogP contribution in [0, 0.1) is 6.92 Å². The minimum absolute atomic E-state index is 0.0844. The molecule has 1 atom stereocenters. The average molecular weight is 310 g/mol. The van der Waals surface area contributed by atoms with Crippen molar-refractivity contribution in [1.82, 2.24) is 4.90 Å². The number of aliphatic carboxylic acids is 1. The first-order valence-electron chi connectivity index (χ1n) is 7.26. The van der Waals surface area contributed by atoms with Crippen LogP contribution in [0.4, 0.5) is 0 Å². The predicted molar refractivity (Wildman–Crippen MR) is 81.5 cm³/mol. The molecule has 114 valence electrons. The van der Waals surface area contributed by atoms with Crippen LogP contribution >= 0.6 is 11.6 Å². The highest BCUT2D eigenvalue weighted by molar-refractivity contribution is 6.31. The van der Waals surface area contributed by atoms with E-state index >= 15 is 0 Å². The molecule has 1 aromatic rings. The van der Waals surface area contributed by atoms with E-state index in [0.29, 0.717) is 30.8 Å². The second kappa shape index (κ2) is 6.94. The number of nitrogens with zero attached hydrogens (tertiary/aromatic N) is 1. The first-order chi connectivity index (χ1) is 9.99. The van der Waals surface area contributed by atoms with E-state index < -0.39 is 12.0 Å². The monoisotopic (exact) mass is 309 g/mol. The number of carbonyl (C=O) groups excluding carboxylic acids is 1. The molecule has 0 radical (unpaired) electrons. The van der Waals surface area contributed by atoms with Gasteiger partial charge in [-0.25, -0.2) is 4.79 Å². The summed E-state index contributed by atoms with van der Waals surface area (Å²) in [6.07, 6.45) is 3.21. The quantitative estimate of drug-likeness (QED) is 0.930. The van der Waals surface area contributed by atoms with E-state index in [1.54, 1.807) is 0 Å². The Morgan fingerprint density at radius 2 is 2.14 bits per heavy atom. The Labute approximate surface area is 129 Å². The molecule has 0 saturated carbocycles. The van der Waals surface area contributed by atoms with Gasteiger partial charge >= 0.3 is 5.97 Å². The number of piperidine rings is 1. The van der Waals surface area contributed by atoms with Gasteiger partial charge in [0.2, 0.25) is 5.91 Å². The Bertz CT molecular complexity index is 544. The lowest BCUT2D eigenvalue weighted by atomic mass is 10.0. The van der Waals surface area contributed by atoms with Gasteiger partial charge in [0.1, 0.15) is 6.04 Å². The van der Waals surface area contributed by atoms with E-state index in [0.717, 1.165) is 24.0 Å². The number of rotatable bonds is 4. The van der Waals surface area contributed by atoms with Gasteiger partial charge in [-0.05, 0) is 49.8 Å². The van der Waals surface area contributed by atoms with Gasteiger partial charge in [-0.3, -0.25) is 4.79 Å². The smallest absolute Gasteiger partial charge is 0.326 e. The van der Waals surface area contributed by atoms with Crippen LogP contribution in [0.3, 0.4) is 0 Å². The molecule has 21 heavy (non-hydrogen) atoms. The molecule has 1 aromatic carbocycles. The maximum atomic E-state index is 12.3. The summed E-state index contributed by atoms with van der Waals surface area (Å²) in [5, 5.41) is 9.89. The predicted octanol–water partition coefficient (Wildman–Crippen LogP) is 3.05. The van der Waals surface area contributed by atoms with E-state index in [2.05, 4.69) is 0 Å². The fraction of sp³-hybridized carbons (Fsp3) is 0.500. The second-order valence-corrected chi connectivity index (χ2v) is 5.93. The minimum atomic E-state index is -0.901. The molecule has 1 N–H and O–H groups in total. The molecule has 1 fully saturated rings. The fourth-order valence-electron chi connectivity index (χ4n) is 2.67. The SMILES string of the molecule is Cc1ccc(CCC(=O)N2CCCC[C@@H]2C(=O)O)cc1Cl. The average Bonchev–Trinajstić information content (AvgIpc) is 2.48. The maximum absolute atomic E-state index is 12.3. The van der Waals surface area contributed by atoms with Crippen molar-refractivity contribution < 1.29 is 14.7 Å². The van der Waals surface area contributed by atoms with Crippen molar-refractivity contribution in [3.05, 3.63) is 34.3 Å². The van der Waals surface area contributed by atoms with Crippen molar-refractivity contribution in [3.8, 4) is 0 Å². The number of hydrogen-bond acceptors (Lipinski definition) is 2. The molecule has 0 spiro atoms. The van der Waals surface area contributed by atoms with E-state index in [1.165, 1.54) is 4.90 Å². The van der Waals surface area contributed by atoms with Crippen molar-refractivity contribution >= 4 is 23.5 Å². The lowest BCUT2D eigenvalue weighted by Crippen LogP contribution is -2.48. The molecule has 0 aromatic heterocycles. The van der Waals surface area contributed by atoms with Gasteiger partial charge in [0.15, 0.2) is 0 Å². The normalized spacial score (nSPS) is 18.6. The molecule has 1 saturated heterocycles. The van der Waals surface area contributed by atoms with E-state index in [9.17, 15) is 14.7 Å². The minimum Gasteiger partial charge on any atom is -0.480 e. The van der Waals surface area contributed by atoms with E-state index in [4.69, 9.17) is 11.6 Å². The Hall–Kier alpha value is -1.55. The van der Waals surface area contributed by atoms with Crippen LogP contribution < -0.4 is 0 Å². The molecule has 4 nitrogen and oxygen atoms in total. The lowest BCUT2D eigenvalue weighted by molar-refractivity contribution is -0.152. The second-order valence-electron chi connectivity index (χ2n) is 5.52. The molecular weight excluding hydrogens is 290 g/mol. The summed E-state index contributed by atoms with van der Waals surface area (Å²) < 4.78 is 0. The maximum Gasteiger partial charge on any atom is 0.326 e. The van der Waals surface area contributed by atoms with Crippen molar-refractivity contribution in [3.63, 3.8) is 0 Å². The molecule has 0 unspecified atom stereocenters. The lowest BCUT2D eigenvalue weighted by Gasteiger charge is -2.33. The number of carboxylic acids is 1. The summed E-state index contributed by atoms with van der Waals surface area (Å²) in [5.74, 6) is -0.986. The standard InChI is InChI=1S/C16H20ClNO3/c1-11-5-6-12(10-13(11)17)7-8-15(19)18-9-3-2-4-14(18)16(20)21/h5-6,10,14H,2-4,7-9H2,1H3,(H,20,21)/t14-/m1/s1. The molecule has 0 aliphatic carbocycles. The third-order valence-electron chi connectivity index (χ3n) is 3.97. The summed E-state index contributed by atoms with van der Waals surface area (Å²) >= 11 is 6.07. The number of aryl methyl sites for hydroxylation is 2. The van der Waals surface area contributed by atoms with Gasteiger partial charge in [0.05, 0.1) is 0 Å². The molecule has 1 heterocycles. The van der Waals surface area contributed by atoms with Crippen molar-refractivity contribution in [2.75, 3.05) is 6.54 Å². The number of amides is 1. The van der Waals surface area contributed by atoms with Crippen LogP contribution in [0.2, 0.25) is 5.02 Å². The topological polar surface area (TPSA) is 57.6 Å². The van der Waals surface area contributed by atoms with Gasteiger partial charge in [0, 0.05) is 18.0 Å². The summed E-state index contributed by atoms with van der Waals surface area (Å²) in [6, 6.07) is 5.10. The van der Waals surface area contributed by atoms with Crippen molar-refractivity contribution in [2.24, 2.45) is 0 Å². The van der Waals surface area contributed by atoms with Gasteiger partial charge in [0.25, 0.3) is 0 Å². The Balaban J connectivity index is 1.96. The van der Waals surface area contributed by atoms with Crippen molar-refractivity contribution in [1.29, 1.82) is 0 Å². The van der Waals surface area contributed by atoms with Gasteiger partial charge in [-0.15, -0.1) is 0 Å². The first kappa shape index (κ1) is 15.8. The van der Waals surface area contributed by atoms with Gasteiger partial charge in [-0.2, -0.15) is 0 Å². The Morgan fingerprint density at radius 3 is 2.81 bits per heavy atom. The van der Waals surface area contributed by atoms with Gasteiger partial charge in [-0.1, -0.05) is 23.7 Å². The van der Waals surface area contributed by atoms with E-state index in [1.807, 2.05) is 25.1 Å². The summed E-state index contributed by atoms with van der Waals surface area (Å²) in [5.41, 5.74) is 2.01. The fourth-order valence-corrected chi connectivity index (χ4v) is 2.88. The van der Waals surface area contributed by atoms with Crippen LogP contribution in [0.1, 0.15) is 36.8 Å². The molecule has 0 bridgehead atoms. The Morgan fingerprint density at radius 1 is 1.38 bits per heavy atom. The highest BCUT2D eigenvalue weighted by Gasteiger charge is 2.31. The zero-order valence-corrected chi connectivity index (χ0v) is 12.9. The van der Waals surface area contributed by atoms with E-state index in [-0.39, 0.29) is 5.91 Å². The highest BCUT2D eigenvalue weighted by Crippen LogP contribution is 2.20. The Kier molecular flexibility index (Phi) is 5.23. The third kappa shape index (κ3) is 3.97. The molecule has 1 aliphatic heterocycles. The van der Waals surface area contributed by atoms with Gasteiger partial charge < -0.3 is 10.0 Å². The van der Waals surface area contributed by atoms with Crippen LogP contribution in [0.5, 0.6) is 0 Å². The molecular formula is C16H20ClNO3. The number of carbonyl (C=O) groups is 2. The molecule has 1 amide bonds. The van der Waals surface area contributed by atoms with Crippen LogP contribution in [0.25, 0.3) is 0 Å². The number of benzene rings is 1. The van der Waals surface area contributed by atoms with Crippen molar-refractivity contribution in [2.45, 2.75) is 45.1 Å². The molecule has 1 aliphatic rings. The third-order valence-corrected chi connectivity index (χ3v) is 4.38. The molecule has 2 rings (SSSR count). The first-order valence-corrected chi connectivity index (χ1v) is 7.64. The largest absolute Gasteiger partial charge is 0.480 e.